The molecule has 0 aliphatic heterocycles. The minimum absolute atomic E-state index is 0.333. The Morgan fingerprint density at radius 3 is 2.68 bits per heavy atom. The van der Waals surface area contributed by atoms with Crippen LogP contribution in [0.5, 0.6) is 0 Å². The number of para-hydroxylation sites is 1. The Balaban J connectivity index is 2.72. The molecule has 0 radical (unpaired) electrons. The number of anilines is 1. The van der Waals surface area contributed by atoms with Gasteiger partial charge < -0.3 is 5.32 Å². The Kier molecular flexibility index (Phi) is 5.39. The van der Waals surface area contributed by atoms with Crippen molar-refractivity contribution in [1.29, 1.82) is 5.26 Å². The van der Waals surface area contributed by atoms with Gasteiger partial charge in [0.1, 0.15) is 6.07 Å². The standard InChI is InChI=1S/C13H15F2N3O/c1-9(18(2)8-12(14)15)13(19)17-11-6-4-3-5-10(11)7-16/h3-6,9,12H,8H2,1-2H3,(H,17,19). The number of nitrogens with one attached hydrogen (secondary N) is 1. The Labute approximate surface area is 110 Å². The maximum atomic E-state index is 12.2. The molecule has 0 aliphatic rings. The second-order valence-electron chi connectivity index (χ2n) is 4.15. The maximum absolute atomic E-state index is 12.2. The van der Waals surface area contributed by atoms with Gasteiger partial charge in [0, 0.05) is 0 Å². The minimum atomic E-state index is -2.49. The van der Waals surface area contributed by atoms with Crippen molar-refractivity contribution in [3.8, 4) is 6.07 Å². The molecule has 102 valence electrons. The average molecular weight is 267 g/mol. The lowest BCUT2D eigenvalue weighted by atomic mass is 10.2. The molecule has 1 aromatic carbocycles. The third-order valence-electron chi connectivity index (χ3n) is 2.77. The van der Waals surface area contributed by atoms with Crippen molar-refractivity contribution in [3.63, 3.8) is 0 Å². The zero-order valence-corrected chi connectivity index (χ0v) is 10.7. The van der Waals surface area contributed by atoms with Crippen LogP contribution >= 0.6 is 0 Å². The van der Waals surface area contributed by atoms with E-state index in [1.54, 1.807) is 24.3 Å². The second-order valence-corrected chi connectivity index (χ2v) is 4.15. The SMILES string of the molecule is CC(C(=O)Nc1ccccc1C#N)N(C)CC(F)F. The molecule has 0 bridgehead atoms. The molecule has 6 heteroatoms. The van der Waals surface area contributed by atoms with Gasteiger partial charge in [0.25, 0.3) is 6.43 Å². The fraction of sp³-hybridized carbons (Fsp3) is 0.385. The van der Waals surface area contributed by atoms with Crippen molar-refractivity contribution in [2.75, 3.05) is 18.9 Å². The molecule has 0 fully saturated rings. The summed E-state index contributed by atoms with van der Waals surface area (Å²) in [5.41, 5.74) is 0.715. The second kappa shape index (κ2) is 6.81. The van der Waals surface area contributed by atoms with Gasteiger partial charge in [-0.3, -0.25) is 9.69 Å². The van der Waals surface area contributed by atoms with E-state index in [1.165, 1.54) is 18.9 Å². The summed E-state index contributed by atoms with van der Waals surface area (Å²) in [6.07, 6.45) is -2.49. The van der Waals surface area contributed by atoms with Crippen LogP contribution < -0.4 is 5.32 Å². The van der Waals surface area contributed by atoms with Crippen LogP contribution in [0.3, 0.4) is 0 Å². The van der Waals surface area contributed by atoms with Crippen LogP contribution in [0, 0.1) is 11.3 Å². The summed E-state index contributed by atoms with van der Waals surface area (Å²) in [7, 11) is 1.45. The zero-order valence-electron chi connectivity index (χ0n) is 10.7. The number of likely N-dealkylation sites (N-methyl/N-ethyl adjacent to an activating group) is 1. The molecule has 19 heavy (non-hydrogen) atoms. The van der Waals surface area contributed by atoms with Gasteiger partial charge in [-0.1, -0.05) is 12.1 Å². The van der Waals surface area contributed by atoms with E-state index in [0.29, 0.717) is 11.3 Å². The van der Waals surface area contributed by atoms with Crippen LogP contribution in [0.1, 0.15) is 12.5 Å². The summed E-state index contributed by atoms with van der Waals surface area (Å²) >= 11 is 0. The first-order valence-electron chi connectivity index (χ1n) is 5.74. The lowest BCUT2D eigenvalue weighted by Crippen LogP contribution is -2.41. The van der Waals surface area contributed by atoms with Gasteiger partial charge in [-0.25, -0.2) is 8.78 Å². The smallest absolute Gasteiger partial charge is 0.251 e. The van der Waals surface area contributed by atoms with Crippen LogP contribution in [0.25, 0.3) is 0 Å². The normalized spacial score (nSPS) is 12.3. The molecule has 0 spiro atoms. The summed E-state index contributed by atoms with van der Waals surface area (Å²) in [4.78, 5) is 13.2. The number of nitriles is 1. The van der Waals surface area contributed by atoms with Crippen molar-refractivity contribution in [1.82, 2.24) is 4.90 Å². The first kappa shape index (κ1) is 15.1. The number of halogens is 2. The molecule has 1 unspecified atom stereocenters. The molecule has 1 atom stereocenters. The van der Waals surface area contributed by atoms with Crippen LogP contribution in [-0.2, 0) is 4.79 Å². The molecule has 1 amide bonds. The van der Waals surface area contributed by atoms with E-state index in [-0.39, 0.29) is 0 Å². The van der Waals surface area contributed by atoms with Crippen LogP contribution in [-0.4, -0.2) is 36.9 Å². The molecular weight excluding hydrogens is 252 g/mol. The number of benzene rings is 1. The highest BCUT2D eigenvalue weighted by molar-refractivity contribution is 5.95. The first-order valence-corrected chi connectivity index (χ1v) is 5.74. The van der Waals surface area contributed by atoms with Crippen molar-refractivity contribution in [2.24, 2.45) is 0 Å². The molecule has 0 saturated carbocycles. The summed E-state index contributed by atoms with van der Waals surface area (Å²) in [5.74, 6) is -0.425. The highest BCUT2D eigenvalue weighted by Gasteiger charge is 2.21. The minimum Gasteiger partial charge on any atom is -0.324 e. The molecule has 4 nitrogen and oxygen atoms in total. The van der Waals surface area contributed by atoms with Gasteiger partial charge in [0.15, 0.2) is 0 Å². The van der Waals surface area contributed by atoms with Gasteiger partial charge >= 0.3 is 0 Å². The highest BCUT2D eigenvalue weighted by atomic mass is 19.3. The molecule has 0 aliphatic carbocycles. The van der Waals surface area contributed by atoms with E-state index < -0.39 is 24.9 Å². The quantitative estimate of drug-likeness (QED) is 0.888. The Morgan fingerprint density at radius 2 is 2.11 bits per heavy atom. The fourth-order valence-corrected chi connectivity index (χ4v) is 1.50. The van der Waals surface area contributed by atoms with Gasteiger partial charge in [0.2, 0.25) is 5.91 Å². The summed E-state index contributed by atoms with van der Waals surface area (Å²) in [5, 5.41) is 11.5. The van der Waals surface area contributed by atoms with E-state index in [4.69, 9.17) is 5.26 Å². The topological polar surface area (TPSA) is 56.1 Å². The molecule has 0 heterocycles. The molecule has 1 rings (SSSR count). The highest BCUT2D eigenvalue weighted by Crippen LogP contribution is 2.14. The number of nitrogens with zero attached hydrogens (tertiary/aromatic N) is 2. The van der Waals surface area contributed by atoms with E-state index in [1.807, 2.05) is 6.07 Å². The number of rotatable bonds is 5. The average Bonchev–Trinajstić information content (AvgIpc) is 2.37. The van der Waals surface area contributed by atoms with E-state index in [9.17, 15) is 13.6 Å². The predicted octanol–water partition coefficient (Wildman–Crippen LogP) is 2.08. The fourth-order valence-electron chi connectivity index (χ4n) is 1.50. The number of carbonyl (C=O) groups is 1. The van der Waals surface area contributed by atoms with Crippen molar-refractivity contribution in [3.05, 3.63) is 29.8 Å². The lowest BCUT2D eigenvalue weighted by Gasteiger charge is -2.23. The number of carbonyl (C=O) groups excluding carboxylic acids is 1. The first-order chi connectivity index (χ1) is 8.95. The Morgan fingerprint density at radius 1 is 1.47 bits per heavy atom. The van der Waals surface area contributed by atoms with Gasteiger partial charge in [-0.15, -0.1) is 0 Å². The molecule has 0 saturated heterocycles. The zero-order chi connectivity index (χ0) is 14.4. The van der Waals surface area contributed by atoms with Crippen LogP contribution in [0.4, 0.5) is 14.5 Å². The Hall–Kier alpha value is -2.00. The third-order valence-corrected chi connectivity index (χ3v) is 2.77. The van der Waals surface area contributed by atoms with Gasteiger partial charge in [0.05, 0.1) is 23.8 Å². The van der Waals surface area contributed by atoms with Crippen molar-refractivity contribution >= 4 is 11.6 Å². The Bertz CT molecular complexity index is 485. The molecular formula is C13H15F2N3O. The van der Waals surface area contributed by atoms with Crippen LogP contribution in [0.15, 0.2) is 24.3 Å². The lowest BCUT2D eigenvalue weighted by molar-refractivity contribution is -0.120. The van der Waals surface area contributed by atoms with Gasteiger partial charge in [-0.05, 0) is 26.1 Å². The van der Waals surface area contributed by atoms with Crippen molar-refractivity contribution < 1.29 is 13.6 Å². The van der Waals surface area contributed by atoms with Gasteiger partial charge in [-0.2, -0.15) is 5.26 Å². The summed E-state index contributed by atoms with van der Waals surface area (Å²) in [6.45, 7) is 1.06. The number of hydrogen-bond donors (Lipinski definition) is 1. The maximum Gasteiger partial charge on any atom is 0.251 e. The third kappa shape index (κ3) is 4.30. The van der Waals surface area contributed by atoms with Crippen LogP contribution in [0.2, 0.25) is 0 Å². The number of alkyl halides is 2. The molecule has 1 N–H and O–H groups in total. The molecule has 0 aromatic heterocycles. The van der Waals surface area contributed by atoms with E-state index in [2.05, 4.69) is 5.32 Å². The van der Waals surface area contributed by atoms with E-state index >= 15 is 0 Å². The largest absolute Gasteiger partial charge is 0.324 e. The van der Waals surface area contributed by atoms with Crippen molar-refractivity contribution in [2.45, 2.75) is 19.4 Å². The number of amides is 1. The molecule has 1 aromatic rings. The monoisotopic (exact) mass is 267 g/mol. The summed E-state index contributed by atoms with van der Waals surface area (Å²) < 4.78 is 24.5. The van der Waals surface area contributed by atoms with E-state index in [0.717, 1.165) is 0 Å². The number of hydrogen-bond acceptors (Lipinski definition) is 3. The summed E-state index contributed by atoms with van der Waals surface area (Å²) in [6, 6.07) is 7.78. The predicted molar refractivity (Wildman–Crippen MR) is 67.9 cm³/mol.